The Morgan fingerprint density at radius 2 is 2.26 bits per heavy atom. The maximum atomic E-state index is 6.20. The van der Waals surface area contributed by atoms with E-state index in [-0.39, 0.29) is 6.04 Å². The molecule has 0 aliphatic carbocycles. The third-order valence-electron chi connectivity index (χ3n) is 3.43. The highest BCUT2D eigenvalue weighted by atomic mass is 35.5. The van der Waals surface area contributed by atoms with Gasteiger partial charge in [0.1, 0.15) is 0 Å². The van der Waals surface area contributed by atoms with Crippen molar-refractivity contribution in [2.45, 2.75) is 38.8 Å². The Balaban J connectivity index is 2.11. The number of likely N-dealkylation sites (N-methyl/N-ethyl adjacent to an activating group) is 1. The zero-order valence-corrected chi connectivity index (χ0v) is 13.1. The summed E-state index contributed by atoms with van der Waals surface area (Å²) in [5, 5.41) is 10.8. The molecule has 2 heterocycles. The monoisotopic (exact) mass is 297 g/mol. The second kappa shape index (κ2) is 6.55. The smallest absolute Gasteiger partial charge is 0.0644 e. The highest BCUT2D eigenvalue weighted by Crippen LogP contribution is 2.30. The molecule has 2 aromatic heterocycles. The van der Waals surface area contributed by atoms with Crippen LogP contribution in [0, 0.1) is 0 Å². The number of thiophene rings is 1. The molecule has 1 N–H and O–H groups in total. The quantitative estimate of drug-likeness (QED) is 0.871. The molecule has 0 aromatic carbocycles. The van der Waals surface area contributed by atoms with Gasteiger partial charge in [-0.25, -0.2) is 0 Å². The van der Waals surface area contributed by atoms with Crippen LogP contribution in [0.25, 0.3) is 0 Å². The largest absolute Gasteiger partial charge is 0.312 e. The van der Waals surface area contributed by atoms with Crippen LogP contribution in [0.15, 0.2) is 23.7 Å². The number of rotatable bonds is 6. The molecular formula is C14H20ClN3S. The van der Waals surface area contributed by atoms with E-state index in [1.807, 2.05) is 23.2 Å². The van der Waals surface area contributed by atoms with Crippen molar-refractivity contribution < 1.29 is 0 Å². The van der Waals surface area contributed by atoms with Crippen molar-refractivity contribution in [3.63, 3.8) is 0 Å². The summed E-state index contributed by atoms with van der Waals surface area (Å²) < 4.78 is 2.04. The van der Waals surface area contributed by atoms with Crippen LogP contribution in [0.3, 0.4) is 0 Å². The topological polar surface area (TPSA) is 29.9 Å². The highest BCUT2D eigenvalue weighted by molar-refractivity contribution is 7.10. The molecule has 0 saturated carbocycles. The fraction of sp³-hybridized carbons (Fsp3) is 0.500. The highest BCUT2D eigenvalue weighted by Gasteiger charge is 2.16. The van der Waals surface area contributed by atoms with E-state index in [2.05, 4.69) is 36.5 Å². The first-order valence-corrected chi connectivity index (χ1v) is 7.85. The van der Waals surface area contributed by atoms with Crippen LogP contribution in [0.4, 0.5) is 0 Å². The lowest BCUT2D eigenvalue weighted by Gasteiger charge is -2.14. The lowest BCUT2D eigenvalue weighted by molar-refractivity contribution is 0.469. The standard InChI is InChI=1S/C14H20ClN3S/c1-4-10(2)18-7-5-11(17-18)9-13(16-3)14-12(15)6-8-19-14/h5-8,10,13,16H,4,9H2,1-3H3. The van der Waals surface area contributed by atoms with Crippen LogP contribution in [0.2, 0.25) is 5.02 Å². The first-order chi connectivity index (χ1) is 9.15. The van der Waals surface area contributed by atoms with Gasteiger partial charge in [-0.15, -0.1) is 11.3 Å². The molecule has 0 radical (unpaired) electrons. The van der Waals surface area contributed by atoms with Gasteiger partial charge in [-0.3, -0.25) is 4.68 Å². The van der Waals surface area contributed by atoms with Crippen LogP contribution in [0.5, 0.6) is 0 Å². The summed E-state index contributed by atoms with van der Waals surface area (Å²) in [6, 6.07) is 4.72. The zero-order valence-electron chi connectivity index (χ0n) is 11.6. The second-order valence-electron chi connectivity index (χ2n) is 4.72. The van der Waals surface area contributed by atoms with E-state index in [9.17, 15) is 0 Å². The number of halogens is 1. The van der Waals surface area contributed by atoms with E-state index in [0.717, 1.165) is 23.6 Å². The van der Waals surface area contributed by atoms with Crippen molar-refractivity contribution in [3.05, 3.63) is 39.3 Å². The molecule has 0 aliphatic rings. The Hall–Kier alpha value is -0.840. The van der Waals surface area contributed by atoms with Crippen LogP contribution in [-0.4, -0.2) is 16.8 Å². The van der Waals surface area contributed by atoms with Gasteiger partial charge in [-0.1, -0.05) is 18.5 Å². The minimum Gasteiger partial charge on any atom is -0.312 e. The van der Waals surface area contributed by atoms with Crippen LogP contribution in [0.1, 0.15) is 42.9 Å². The summed E-state index contributed by atoms with van der Waals surface area (Å²) in [5.41, 5.74) is 1.10. The molecule has 3 nitrogen and oxygen atoms in total. The molecule has 2 aromatic rings. The summed E-state index contributed by atoms with van der Waals surface area (Å²) in [5.74, 6) is 0. The van der Waals surface area contributed by atoms with E-state index in [1.165, 1.54) is 4.88 Å². The average Bonchev–Trinajstić information content (AvgIpc) is 3.04. The van der Waals surface area contributed by atoms with Gasteiger partial charge in [0.2, 0.25) is 0 Å². The lowest BCUT2D eigenvalue weighted by Crippen LogP contribution is -2.18. The first-order valence-electron chi connectivity index (χ1n) is 6.59. The summed E-state index contributed by atoms with van der Waals surface area (Å²) in [6.45, 7) is 4.36. The van der Waals surface area contributed by atoms with E-state index >= 15 is 0 Å². The molecule has 5 heteroatoms. The SMILES string of the molecule is CCC(C)n1ccc(CC(NC)c2sccc2Cl)n1. The van der Waals surface area contributed by atoms with Gasteiger partial charge in [0.15, 0.2) is 0 Å². The van der Waals surface area contributed by atoms with Crippen LogP contribution in [-0.2, 0) is 6.42 Å². The van der Waals surface area contributed by atoms with E-state index in [4.69, 9.17) is 11.6 Å². The van der Waals surface area contributed by atoms with Gasteiger partial charge in [-0.05, 0) is 37.9 Å². The van der Waals surface area contributed by atoms with Crippen molar-refractivity contribution in [3.8, 4) is 0 Å². The summed E-state index contributed by atoms with van der Waals surface area (Å²) in [4.78, 5) is 1.18. The fourth-order valence-corrected chi connectivity index (χ4v) is 3.31. The van der Waals surface area contributed by atoms with E-state index in [0.29, 0.717) is 6.04 Å². The molecule has 0 aliphatic heterocycles. The van der Waals surface area contributed by atoms with Gasteiger partial charge in [0, 0.05) is 29.6 Å². The van der Waals surface area contributed by atoms with Gasteiger partial charge in [0.05, 0.1) is 10.7 Å². The number of hydrogen-bond donors (Lipinski definition) is 1. The number of aromatic nitrogens is 2. The predicted octanol–water partition coefficient (Wildman–Crippen LogP) is 4.07. The molecule has 0 saturated heterocycles. The molecular weight excluding hydrogens is 278 g/mol. The summed E-state index contributed by atoms with van der Waals surface area (Å²) in [7, 11) is 1.96. The molecule has 0 amide bonds. The molecule has 104 valence electrons. The van der Waals surface area contributed by atoms with Crippen LogP contribution < -0.4 is 5.32 Å². The van der Waals surface area contributed by atoms with E-state index in [1.54, 1.807) is 11.3 Å². The normalized spacial score (nSPS) is 14.5. The maximum absolute atomic E-state index is 6.20. The van der Waals surface area contributed by atoms with E-state index < -0.39 is 0 Å². The second-order valence-corrected chi connectivity index (χ2v) is 6.08. The fourth-order valence-electron chi connectivity index (χ4n) is 2.01. The van der Waals surface area contributed by atoms with Crippen molar-refractivity contribution >= 4 is 22.9 Å². The average molecular weight is 298 g/mol. The van der Waals surface area contributed by atoms with Crippen molar-refractivity contribution in [2.75, 3.05) is 7.05 Å². The summed E-state index contributed by atoms with van der Waals surface area (Å²) >= 11 is 7.89. The zero-order chi connectivity index (χ0) is 13.8. The third-order valence-corrected chi connectivity index (χ3v) is 4.90. The van der Waals surface area contributed by atoms with Crippen molar-refractivity contribution in [1.82, 2.24) is 15.1 Å². The van der Waals surface area contributed by atoms with Gasteiger partial charge >= 0.3 is 0 Å². The number of nitrogens with one attached hydrogen (secondary N) is 1. The molecule has 19 heavy (non-hydrogen) atoms. The predicted molar refractivity (Wildman–Crippen MR) is 82.1 cm³/mol. The van der Waals surface area contributed by atoms with Crippen molar-refractivity contribution in [1.29, 1.82) is 0 Å². The van der Waals surface area contributed by atoms with Gasteiger partial charge in [-0.2, -0.15) is 5.10 Å². The van der Waals surface area contributed by atoms with Gasteiger partial charge < -0.3 is 5.32 Å². The molecule has 0 spiro atoms. The Kier molecular flexibility index (Phi) is 5.02. The number of hydrogen-bond acceptors (Lipinski definition) is 3. The minimum absolute atomic E-state index is 0.229. The number of nitrogens with zero attached hydrogens (tertiary/aromatic N) is 2. The lowest BCUT2D eigenvalue weighted by atomic mass is 10.1. The first kappa shape index (κ1) is 14.6. The minimum atomic E-state index is 0.229. The third kappa shape index (κ3) is 3.38. The van der Waals surface area contributed by atoms with Crippen molar-refractivity contribution in [2.24, 2.45) is 0 Å². The molecule has 2 rings (SSSR count). The molecule has 0 fully saturated rings. The Morgan fingerprint density at radius 1 is 1.47 bits per heavy atom. The Morgan fingerprint density at radius 3 is 2.84 bits per heavy atom. The van der Waals surface area contributed by atoms with Gasteiger partial charge in [0.25, 0.3) is 0 Å². The molecule has 0 bridgehead atoms. The molecule has 2 atom stereocenters. The van der Waals surface area contributed by atoms with Crippen LogP contribution >= 0.6 is 22.9 Å². The maximum Gasteiger partial charge on any atom is 0.0644 e. The summed E-state index contributed by atoms with van der Waals surface area (Å²) in [6.07, 6.45) is 4.01. The Bertz CT molecular complexity index is 520. The Labute approximate surface area is 123 Å². The molecule has 2 unspecified atom stereocenters.